The number of fused-ring (bicyclic) bond motifs is 1. The van der Waals surface area contributed by atoms with Crippen molar-refractivity contribution in [1.82, 2.24) is 9.88 Å². The highest BCUT2D eigenvalue weighted by atomic mass is 32.2. The first kappa shape index (κ1) is 18.0. The SMILES string of the molecule is CCCCN(C)C(=O)c1ccc(CSc2nc3ccccc3s2)cc1. The molecule has 0 radical (unpaired) electrons. The van der Waals surface area contributed by atoms with Crippen LogP contribution in [-0.4, -0.2) is 29.4 Å². The molecule has 1 amide bonds. The van der Waals surface area contributed by atoms with Crippen LogP contribution in [0.1, 0.15) is 35.7 Å². The second-order valence-electron chi connectivity index (χ2n) is 6.01. The molecule has 0 atom stereocenters. The monoisotopic (exact) mass is 370 g/mol. The maximum Gasteiger partial charge on any atom is 0.253 e. The number of unbranched alkanes of at least 4 members (excludes halogenated alkanes) is 1. The van der Waals surface area contributed by atoms with Gasteiger partial charge in [0.2, 0.25) is 0 Å². The van der Waals surface area contributed by atoms with Crippen molar-refractivity contribution in [3.63, 3.8) is 0 Å². The van der Waals surface area contributed by atoms with E-state index >= 15 is 0 Å². The van der Waals surface area contributed by atoms with Crippen molar-refractivity contribution in [3.05, 3.63) is 59.7 Å². The summed E-state index contributed by atoms with van der Waals surface area (Å²) in [7, 11) is 1.87. The van der Waals surface area contributed by atoms with Gasteiger partial charge in [-0.25, -0.2) is 4.98 Å². The molecule has 0 bridgehead atoms. The van der Waals surface area contributed by atoms with Gasteiger partial charge in [0.05, 0.1) is 10.2 Å². The quantitative estimate of drug-likeness (QED) is 0.518. The number of carbonyl (C=O) groups is 1. The Kier molecular flexibility index (Phi) is 6.10. The molecule has 1 heterocycles. The average Bonchev–Trinajstić information content (AvgIpc) is 3.07. The number of rotatable bonds is 7. The van der Waals surface area contributed by atoms with E-state index in [9.17, 15) is 4.79 Å². The molecule has 0 fully saturated rings. The van der Waals surface area contributed by atoms with Gasteiger partial charge in [-0.1, -0.05) is 49.4 Å². The molecule has 5 heteroatoms. The molecule has 130 valence electrons. The summed E-state index contributed by atoms with van der Waals surface area (Å²) in [5.74, 6) is 0.957. The summed E-state index contributed by atoms with van der Waals surface area (Å²) < 4.78 is 2.31. The largest absolute Gasteiger partial charge is 0.342 e. The lowest BCUT2D eigenvalue weighted by molar-refractivity contribution is 0.0793. The predicted octanol–water partition coefficient (Wildman–Crippen LogP) is 5.46. The number of hydrogen-bond donors (Lipinski definition) is 0. The molecular formula is C20H22N2OS2. The Balaban J connectivity index is 1.59. The smallest absolute Gasteiger partial charge is 0.253 e. The van der Waals surface area contributed by atoms with Crippen molar-refractivity contribution in [2.24, 2.45) is 0 Å². The minimum atomic E-state index is 0.0961. The molecule has 3 rings (SSSR count). The normalized spacial score (nSPS) is 11.0. The van der Waals surface area contributed by atoms with Crippen molar-refractivity contribution in [3.8, 4) is 0 Å². The van der Waals surface area contributed by atoms with E-state index < -0.39 is 0 Å². The van der Waals surface area contributed by atoms with Gasteiger partial charge in [-0.2, -0.15) is 0 Å². The van der Waals surface area contributed by atoms with Crippen LogP contribution in [0.5, 0.6) is 0 Å². The molecule has 0 saturated carbocycles. The van der Waals surface area contributed by atoms with Gasteiger partial charge in [0.1, 0.15) is 0 Å². The average molecular weight is 371 g/mol. The molecule has 0 unspecified atom stereocenters. The minimum Gasteiger partial charge on any atom is -0.342 e. The molecule has 3 aromatic rings. The first-order chi connectivity index (χ1) is 12.2. The number of nitrogens with zero attached hydrogens (tertiary/aromatic N) is 2. The van der Waals surface area contributed by atoms with E-state index in [0.29, 0.717) is 0 Å². The van der Waals surface area contributed by atoms with E-state index in [0.717, 1.165) is 40.6 Å². The van der Waals surface area contributed by atoms with Crippen molar-refractivity contribution in [2.75, 3.05) is 13.6 Å². The highest BCUT2D eigenvalue weighted by Gasteiger charge is 2.11. The second kappa shape index (κ2) is 8.50. The molecule has 25 heavy (non-hydrogen) atoms. The van der Waals surface area contributed by atoms with Gasteiger partial charge in [0.15, 0.2) is 4.34 Å². The summed E-state index contributed by atoms with van der Waals surface area (Å²) in [4.78, 5) is 18.8. The number of thiazole rings is 1. The first-order valence-corrected chi connectivity index (χ1v) is 10.3. The van der Waals surface area contributed by atoms with Crippen molar-refractivity contribution in [1.29, 1.82) is 0 Å². The van der Waals surface area contributed by atoms with Crippen LogP contribution >= 0.6 is 23.1 Å². The zero-order valence-corrected chi connectivity index (χ0v) is 16.2. The minimum absolute atomic E-state index is 0.0961. The Hall–Kier alpha value is -1.85. The molecular weight excluding hydrogens is 348 g/mol. The highest BCUT2D eigenvalue weighted by molar-refractivity contribution is 8.00. The lowest BCUT2D eigenvalue weighted by Crippen LogP contribution is -2.27. The Labute approximate surface area is 157 Å². The third kappa shape index (κ3) is 4.61. The van der Waals surface area contributed by atoms with E-state index in [-0.39, 0.29) is 5.91 Å². The van der Waals surface area contributed by atoms with Crippen LogP contribution in [0, 0.1) is 0 Å². The molecule has 0 N–H and O–H groups in total. The Morgan fingerprint density at radius 1 is 1.16 bits per heavy atom. The van der Waals surface area contributed by atoms with Gasteiger partial charge in [-0.15, -0.1) is 11.3 Å². The van der Waals surface area contributed by atoms with Crippen LogP contribution < -0.4 is 0 Å². The summed E-state index contributed by atoms with van der Waals surface area (Å²) in [6.07, 6.45) is 2.14. The Morgan fingerprint density at radius 3 is 2.64 bits per heavy atom. The lowest BCUT2D eigenvalue weighted by Gasteiger charge is -2.16. The van der Waals surface area contributed by atoms with E-state index in [1.807, 2.05) is 49.5 Å². The van der Waals surface area contributed by atoms with Gasteiger partial charge in [-0.3, -0.25) is 4.79 Å². The fourth-order valence-electron chi connectivity index (χ4n) is 2.52. The summed E-state index contributed by atoms with van der Waals surface area (Å²) in [5, 5.41) is 0. The zero-order valence-electron chi connectivity index (χ0n) is 14.6. The van der Waals surface area contributed by atoms with Gasteiger partial charge >= 0.3 is 0 Å². The third-order valence-electron chi connectivity index (χ3n) is 4.03. The number of carbonyl (C=O) groups excluding carboxylic acids is 1. The van der Waals surface area contributed by atoms with E-state index in [1.165, 1.54) is 10.3 Å². The van der Waals surface area contributed by atoms with E-state index in [4.69, 9.17) is 0 Å². The summed E-state index contributed by atoms with van der Waals surface area (Å²) in [5.41, 5.74) is 3.02. The van der Waals surface area contributed by atoms with Crippen LogP contribution in [-0.2, 0) is 5.75 Å². The van der Waals surface area contributed by atoms with E-state index in [1.54, 1.807) is 28.0 Å². The summed E-state index contributed by atoms with van der Waals surface area (Å²) in [6, 6.07) is 16.2. The number of amides is 1. The van der Waals surface area contributed by atoms with Gasteiger partial charge in [-0.05, 0) is 36.2 Å². The molecule has 0 spiro atoms. The Bertz CT molecular complexity index is 809. The molecule has 3 nitrogen and oxygen atoms in total. The fourth-order valence-corrected chi connectivity index (χ4v) is 4.54. The van der Waals surface area contributed by atoms with Gasteiger partial charge in [0.25, 0.3) is 5.91 Å². The first-order valence-electron chi connectivity index (χ1n) is 8.50. The van der Waals surface area contributed by atoms with Crippen molar-refractivity contribution >= 4 is 39.2 Å². The number of aromatic nitrogens is 1. The Morgan fingerprint density at radius 2 is 1.92 bits per heavy atom. The number of thioether (sulfide) groups is 1. The lowest BCUT2D eigenvalue weighted by atomic mass is 10.1. The maximum absolute atomic E-state index is 12.4. The molecule has 0 aliphatic rings. The number of hydrogen-bond acceptors (Lipinski definition) is 4. The molecule has 0 aliphatic heterocycles. The zero-order chi connectivity index (χ0) is 17.6. The second-order valence-corrected chi connectivity index (χ2v) is 8.27. The third-order valence-corrected chi connectivity index (χ3v) is 6.28. The van der Waals surface area contributed by atoms with Crippen LogP contribution in [0.2, 0.25) is 0 Å². The van der Waals surface area contributed by atoms with Crippen LogP contribution in [0.3, 0.4) is 0 Å². The van der Waals surface area contributed by atoms with Crippen LogP contribution in [0.15, 0.2) is 52.9 Å². The van der Waals surface area contributed by atoms with E-state index in [2.05, 4.69) is 18.0 Å². The van der Waals surface area contributed by atoms with Crippen molar-refractivity contribution in [2.45, 2.75) is 29.9 Å². The van der Waals surface area contributed by atoms with Crippen LogP contribution in [0.25, 0.3) is 10.2 Å². The number of para-hydroxylation sites is 1. The summed E-state index contributed by atoms with van der Waals surface area (Å²) >= 11 is 3.47. The van der Waals surface area contributed by atoms with Crippen molar-refractivity contribution < 1.29 is 4.79 Å². The fraction of sp³-hybridized carbons (Fsp3) is 0.300. The van der Waals surface area contributed by atoms with Gasteiger partial charge in [0, 0.05) is 24.9 Å². The molecule has 0 aliphatic carbocycles. The van der Waals surface area contributed by atoms with Crippen LogP contribution in [0.4, 0.5) is 0 Å². The highest BCUT2D eigenvalue weighted by Crippen LogP contribution is 2.31. The number of benzene rings is 2. The maximum atomic E-state index is 12.4. The summed E-state index contributed by atoms with van der Waals surface area (Å²) in [6.45, 7) is 2.95. The molecule has 1 aromatic heterocycles. The van der Waals surface area contributed by atoms with Gasteiger partial charge < -0.3 is 4.90 Å². The topological polar surface area (TPSA) is 33.2 Å². The molecule has 2 aromatic carbocycles. The molecule has 0 saturated heterocycles. The standard InChI is InChI=1S/C20H22N2OS2/c1-3-4-13-22(2)19(23)16-11-9-15(10-12-16)14-24-20-21-17-7-5-6-8-18(17)25-20/h5-12H,3-4,13-14H2,1-2H3. The predicted molar refractivity (Wildman–Crippen MR) is 107 cm³/mol.